The van der Waals surface area contributed by atoms with Crippen LogP contribution in [0.15, 0.2) is 260 Å². The minimum atomic E-state index is -0.461. The Kier molecular flexibility index (Phi) is 10.5. The molecule has 3 aliphatic rings. The van der Waals surface area contributed by atoms with Gasteiger partial charge in [-0.2, -0.15) is 0 Å². The van der Waals surface area contributed by atoms with E-state index < -0.39 is 5.41 Å². The molecule has 62 heavy (non-hydrogen) atoms. The second-order valence-electron chi connectivity index (χ2n) is 16.4. The fourth-order valence-electron chi connectivity index (χ4n) is 10.0. The van der Waals surface area contributed by atoms with Gasteiger partial charge in [0.15, 0.2) is 0 Å². The largest absolute Gasteiger partial charge is 0.314 e. The smallest absolute Gasteiger partial charge is 0.0710 e. The molecule has 1 heteroatoms. The Hall–Kier alpha value is -7.48. The summed E-state index contributed by atoms with van der Waals surface area (Å²) in [6.45, 7) is 8.63. The number of hydrogen-bond acceptors (Lipinski definition) is 1. The number of allylic oxidation sites excluding steroid dienone is 12. The fraction of sp³-hybridized carbons (Fsp3) is 0.0820. The van der Waals surface area contributed by atoms with E-state index in [1.54, 1.807) is 0 Å². The van der Waals surface area contributed by atoms with Crippen molar-refractivity contribution in [3.05, 3.63) is 288 Å². The highest BCUT2D eigenvalue weighted by Gasteiger charge is 2.47. The van der Waals surface area contributed by atoms with E-state index in [0.29, 0.717) is 0 Å². The molecular formula is C61H49N. The standard InChI is InChI=1S/C61H49N/c1-3-4-19-44(2)58-42-53(38-40-55(58)49-32-30-47(31-33-49)45-20-9-5-10-21-45)62(52-36-34-48(35-37-52)46-22-11-6-12-23-46)54-39-41-57-56-28-17-18-29-59(56)61(60(57)43-54,50-24-13-7-14-25-50)51-26-15-8-16-27-51/h3-16,18-27,29-37,39,41-43H,1-2,17,28,38,40H2/b19-4-. The maximum Gasteiger partial charge on any atom is 0.0710 e. The predicted molar refractivity (Wildman–Crippen MR) is 263 cm³/mol. The van der Waals surface area contributed by atoms with Gasteiger partial charge in [-0.1, -0.05) is 207 Å². The summed E-state index contributed by atoms with van der Waals surface area (Å²) in [6.07, 6.45) is 16.9. The fourth-order valence-corrected chi connectivity index (χ4v) is 10.0. The molecule has 0 saturated heterocycles. The van der Waals surface area contributed by atoms with Crippen molar-refractivity contribution in [2.75, 3.05) is 4.90 Å². The Morgan fingerprint density at radius 3 is 1.66 bits per heavy atom. The number of nitrogens with zero attached hydrogens (tertiary/aromatic N) is 1. The summed E-state index contributed by atoms with van der Waals surface area (Å²) in [5.41, 5.74) is 20.6. The summed E-state index contributed by atoms with van der Waals surface area (Å²) < 4.78 is 0. The quantitative estimate of drug-likeness (QED) is 0.118. The van der Waals surface area contributed by atoms with Gasteiger partial charge in [0.2, 0.25) is 0 Å². The second kappa shape index (κ2) is 16.9. The highest BCUT2D eigenvalue weighted by molar-refractivity contribution is 5.90. The van der Waals surface area contributed by atoms with Gasteiger partial charge >= 0.3 is 0 Å². The van der Waals surface area contributed by atoms with Gasteiger partial charge < -0.3 is 4.90 Å². The van der Waals surface area contributed by atoms with Gasteiger partial charge in [0.1, 0.15) is 0 Å². The lowest BCUT2D eigenvalue weighted by Crippen LogP contribution is -2.30. The summed E-state index contributed by atoms with van der Waals surface area (Å²) in [4.78, 5) is 2.50. The van der Waals surface area contributed by atoms with Crippen LogP contribution in [0.25, 0.3) is 33.4 Å². The molecule has 0 amide bonds. The van der Waals surface area contributed by atoms with Crippen molar-refractivity contribution in [3.8, 4) is 22.3 Å². The molecular weight excluding hydrogens is 747 g/mol. The van der Waals surface area contributed by atoms with Crippen molar-refractivity contribution in [1.82, 2.24) is 0 Å². The molecule has 0 aliphatic heterocycles. The molecule has 0 bridgehead atoms. The van der Waals surface area contributed by atoms with Crippen molar-refractivity contribution in [3.63, 3.8) is 0 Å². The van der Waals surface area contributed by atoms with Gasteiger partial charge in [0.05, 0.1) is 5.41 Å². The van der Waals surface area contributed by atoms with Gasteiger partial charge in [-0.15, -0.1) is 0 Å². The Morgan fingerprint density at radius 2 is 1.06 bits per heavy atom. The number of anilines is 2. The third-order valence-electron chi connectivity index (χ3n) is 12.9. The monoisotopic (exact) mass is 795 g/mol. The van der Waals surface area contributed by atoms with E-state index in [4.69, 9.17) is 0 Å². The van der Waals surface area contributed by atoms with Crippen LogP contribution in [0.4, 0.5) is 11.4 Å². The minimum absolute atomic E-state index is 0.461. The molecule has 0 aromatic heterocycles. The van der Waals surface area contributed by atoms with Crippen molar-refractivity contribution in [1.29, 1.82) is 0 Å². The molecule has 0 N–H and O–H groups in total. The lowest BCUT2D eigenvalue weighted by molar-refractivity contribution is 0.756. The van der Waals surface area contributed by atoms with Gasteiger partial charge in [-0.25, -0.2) is 0 Å². The Bertz CT molecular complexity index is 2880. The average Bonchev–Trinajstić information content (AvgIpc) is 3.65. The topological polar surface area (TPSA) is 3.24 Å². The van der Waals surface area contributed by atoms with Crippen LogP contribution in [0.1, 0.15) is 53.5 Å². The van der Waals surface area contributed by atoms with Gasteiger partial charge in [-0.3, -0.25) is 0 Å². The highest BCUT2D eigenvalue weighted by Crippen LogP contribution is 2.58. The van der Waals surface area contributed by atoms with E-state index in [1.807, 2.05) is 12.2 Å². The first-order valence-electron chi connectivity index (χ1n) is 21.8. The van der Waals surface area contributed by atoms with Crippen LogP contribution in [-0.2, 0) is 5.41 Å². The van der Waals surface area contributed by atoms with Crippen molar-refractivity contribution in [2.45, 2.75) is 31.1 Å². The molecule has 0 unspecified atom stereocenters. The summed E-state index contributed by atoms with van der Waals surface area (Å²) in [7, 11) is 0. The molecule has 0 radical (unpaired) electrons. The first-order valence-corrected chi connectivity index (χ1v) is 21.8. The van der Waals surface area contributed by atoms with E-state index in [2.05, 4.69) is 230 Å². The minimum Gasteiger partial charge on any atom is -0.314 e. The second-order valence-corrected chi connectivity index (χ2v) is 16.4. The van der Waals surface area contributed by atoms with Crippen LogP contribution in [0.2, 0.25) is 0 Å². The Labute approximate surface area is 367 Å². The highest BCUT2D eigenvalue weighted by atomic mass is 15.1. The van der Waals surface area contributed by atoms with Crippen LogP contribution in [0, 0.1) is 0 Å². The summed E-state index contributed by atoms with van der Waals surface area (Å²) in [5, 5.41) is 0. The van der Waals surface area contributed by atoms with E-state index >= 15 is 0 Å². The third kappa shape index (κ3) is 6.96. The summed E-state index contributed by atoms with van der Waals surface area (Å²) in [6, 6.07) is 69.0. The number of hydrogen-bond donors (Lipinski definition) is 0. The zero-order valence-electron chi connectivity index (χ0n) is 35.1. The van der Waals surface area contributed by atoms with Crippen LogP contribution < -0.4 is 4.90 Å². The number of rotatable bonds is 11. The molecule has 1 nitrogen and oxygen atoms in total. The number of fused-ring (bicyclic) bond motifs is 2. The van der Waals surface area contributed by atoms with Crippen molar-refractivity contribution < 1.29 is 0 Å². The summed E-state index contributed by atoms with van der Waals surface area (Å²) >= 11 is 0. The molecule has 3 aliphatic carbocycles. The molecule has 298 valence electrons. The normalized spacial score (nSPS) is 15.3. The van der Waals surface area contributed by atoms with Crippen LogP contribution in [-0.4, -0.2) is 0 Å². The van der Waals surface area contributed by atoms with Crippen LogP contribution >= 0.6 is 0 Å². The van der Waals surface area contributed by atoms with E-state index in [0.717, 1.165) is 48.2 Å². The molecule has 7 aromatic carbocycles. The van der Waals surface area contributed by atoms with E-state index in [1.165, 1.54) is 72.5 Å². The predicted octanol–water partition coefficient (Wildman–Crippen LogP) is 16.0. The van der Waals surface area contributed by atoms with Crippen molar-refractivity contribution >= 4 is 22.5 Å². The molecule has 0 saturated carbocycles. The molecule has 0 atom stereocenters. The molecule has 10 rings (SSSR count). The molecule has 0 fully saturated rings. The van der Waals surface area contributed by atoms with Gasteiger partial charge in [0, 0.05) is 17.1 Å². The zero-order valence-corrected chi connectivity index (χ0v) is 35.1. The Balaban J connectivity index is 1.17. The molecule has 0 spiro atoms. The zero-order chi connectivity index (χ0) is 41.9. The molecule has 0 heterocycles. The van der Waals surface area contributed by atoms with E-state index in [-0.39, 0.29) is 0 Å². The number of benzene rings is 7. The SMILES string of the molecule is C=C/C=C\C(=C)C1=C(c2ccc(-c3ccccc3)cc2)CCC(N(c2ccc(-c3ccccc3)cc2)c2ccc3c(c2)C(c2ccccc2)(c2ccccc2)C2=C3CCC=C2)=C1. The lowest BCUT2D eigenvalue weighted by atomic mass is 9.66. The van der Waals surface area contributed by atoms with Gasteiger partial charge in [-0.05, 0) is 134 Å². The first-order chi connectivity index (χ1) is 30.6. The van der Waals surface area contributed by atoms with Crippen LogP contribution in [0.5, 0.6) is 0 Å². The summed E-state index contributed by atoms with van der Waals surface area (Å²) in [5.74, 6) is 0. The first kappa shape index (κ1) is 38.7. The maximum absolute atomic E-state index is 4.65. The average molecular weight is 796 g/mol. The van der Waals surface area contributed by atoms with E-state index in [9.17, 15) is 0 Å². The molecule has 7 aromatic rings. The Morgan fingerprint density at radius 1 is 0.532 bits per heavy atom. The van der Waals surface area contributed by atoms with Crippen molar-refractivity contribution in [2.24, 2.45) is 0 Å². The van der Waals surface area contributed by atoms with Crippen LogP contribution in [0.3, 0.4) is 0 Å². The van der Waals surface area contributed by atoms with Gasteiger partial charge in [0.25, 0.3) is 0 Å². The lowest BCUT2D eigenvalue weighted by Gasteiger charge is -2.37. The maximum atomic E-state index is 4.65. The third-order valence-corrected chi connectivity index (χ3v) is 12.9.